The van der Waals surface area contributed by atoms with Crippen molar-refractivity contribution in [3.8, 4) is 5.69 Å². The Labute approximate surface area is 114 Å². The summed E-state index contributed by atoms with van der Waals surface area (Å²) in [6.07, 6.45) is 1.98. The molecule has 100 valence electrons. The van der Waals surface area contributed by atoms with Gasteiger partial charge in [-0.1, -0.05) is 24.3 Å². The maximum atomic E-state index is 13.2. The van der Waals surface area contributed by atoms with Crippen LogP contribution in [0.4, 0.5) is 8.78 Å². The molecule has 0 spiro atoms. The zero-order valence-corrected chi connectivity index (χ0v) is 10.5. The number of hydrogen-bond donors (Lipinski definition) is 0. The van der Waals surface area contributed by atoms with Gasteiger partial charge in [-0.2, -0.15) is 0 Å². The summed E-state index contributed by atoms with van der Waals surface area (Å²) < 4.78 is 27.9. The molecule has 20 heavy (non-hydrogen) atoms. The second-order valence-corrected chi connectivity index (χ2v) is 4.38. The minimum absolute atomic E-state index is 0.381. The van der Waals surface area contributed by atoms with Crippen LogP contribution in [0.25, 0.3) is 5.69 Å². The molecule has 0 fully saturated rings. The third kappa shape index (κ3) is 2.42. The fourth-order valence-corrected chi connectivity index (χ4v) is 2.02. The summed E-state index contributed by atoms with van der Waals surface area (Å²) in [5.41, 5.74) is 1.57. The van der Waals surface area contributed by atoms with Gasteiger partial charge in [0.2, 0.25) is 0 Å². The number of hydrogen-bond acceptors (Lipinski definition) is 2. The molecule has 3 aromatic rings. The van der Waals surface area contributed by atoms with Gasteiger partial charge in [0, 0.05) is 12.1 Å². The Morgan fingerprint density at radius 2 is 1.75 bits per heavy atom. The minimum Gasteiger partial charge on any atom is -0.285 e. The van der Waals surface area contributed by atoms with Crippen molar-refractivity contribution < 1.29 is 8.78 Å². The van der Waals surface area contributed by atoms with Crippen molar-refractivity contribution in [3.05, 3.63) is 77.9 Å². The van der Waals surface area contributed by atoms with Crippen LogP contribution in [-0.4, -0.2) is 14.8 Å². The SMILES string of the molecule is Fc1ccc(Cc2nncn2-c2ccccc2)cc1F. The van der Waals surface area contributed by atoms with Crippen LogP contribution in [0.5, 0.6) is 0 Å². The maximum absolute atomic E-state index is 13.2. The van der Waals surface area contributed by atoms with Crippen LogP contribution >= 0.6 is 0 Å². The fraction of sp³-hybridized carbons (Fsp3) is 0.0667. The van der Waals surface area contributed by atoms with Crippen molar-refractivity contribution in [1.82, 2.24) is 14.8 Å². The predicted octanol–water partition coefficient (Wildman–Crippen LogP) is 3.14. The number of aromatic nitrogens is 3. The summed E-state index contributed by atoms with van der Waals surface area (Å²) in [6, 6.07) is 13.4. The van der Waals surface area contributed by atoms with Crippen LogP contribution in [0.1, 0.15) is 11.4 Å². The lowest BCUT2D eigenvalue weighted by Gasteiger charge is -2.06. The van der Waals surface area contributed by atoms with Gasteiger partial charge in [-0.05, 0) is 29.8 Å². The molecule has 3 nitrogen and oxygen atoms in total. The third-order valence-electron chi connectivity index (χ3n) is 3.00. The van der Waals surface area contributed by atoms with Gasteiger partial charge in [0.05, 0.1) is 0 Å². The fourth-order valence-electron chi connectivity index (χ4n) is 2.02. The Morgan fingerprint density at radius 3 is 2.50 bits per heavy atom. The van der Waals surface area contributed by atoms with Crippen LogP contribution in [0.15, 0.2) is 54.9 Å². The van der Waals surface area contributed by atoms with Gasteiger partial charge in [-0.25, -0.2) is 8.78 Å². The van der Waals surface area contributed by atoms with E-state index >= 15 is 0 Å². The van der Waals surface area contributed by atoms with Crippen molar-refractivity contribution in [2.45, 2.75) is 6.42 Å². The molecule has 0 saturated heterocycles. The second kappa shape index (κ2) is 5.21. The van der Waals surface area contributed by atoms with Gasteiger partial charge in [-0.15, -0.1) is 10.2 Å². The van der Waals surface area contributed by atoms with Crippen LogP contribution in [-0.2, 0) is 6.42 Å². The van der Waals surface area contributed by atoms with E-state index in [2.05, 4.69) is 10.2 Å². The Bertz CT molecular complexity index is 723. The largest absolute Gasteiger partial charge is 0.285 e. The van der Waals surface area contributed by atoms with Gasteiger partial charge in [0.25, 0.3) is 0 Å². The molecule has 2 aromatic carbocycles. The molecule has 0 atom stereocenters. The number of halogens is 2. The summed E-state index contributed by atoms with van der Waals surface area (Å²) in [5, 5.41) is 7.92. The molecule has 0 N–H and O–H groups in total. The van der Waals surface area contributed by atoms with Gasteiger partial charge in [0.15, 0.2) is 11.6 Å². The van der Waals surface area contributed by atoms with E-state index in [4.69, 9.17) is 0 Å². The summed E-state index contributed by atoms with van der Waals surface area (Å²) in [4.78, 5) is 0. The van der Waals surface area contributed by atoms with E-state index in [-0.39, 0.29) is 0 Å². The van der Waals surface area contributed by atoms with Crippen LogP contribution in [0.2, 0.25) is 0 Å². The first-order chi connectivity index (χ1) is 9.74. The van der Waals surface area contributed by atoms with Gasteiger partial charge < -0.3 is 0 Å². The Morgan fingerprint density at radius 1 is 0.950 bits per heavy atom. The standard InChI is InChI=1S/C15H11F2N3/c16-13-7-6-11(8-14(13)17)9-15-19-18-10-20(15)12-4-2-1-3-5-12/h1-8,10H,9H2. The quantitative estimate of drug-likeness (QED) is 0.732. The third-order valence-corrected chi connectivity index (χ3v) is 3.00. The first-order valence-electron chi connectivity index (χ1n) is 6.12. The number of nitrogens with zero attached hydrogens (tertiary/aromatic N) is 3. The summed E-state index contributed by atoms with van der Waals surface area (Å²) in [5.74, 6) is -1.03. The average molecular weight is 271 g/mol. The highest BCUT2D eigenvalue weighted by molar-refractivity contribution is 5.33. The van der Waals surface area contributed by atoms with Crippen molar-refractivity contribution in [2.24, 2.45) is 0 Å². The summed E-state index contributed by atoms with van der Waals surface area (Å²) in [6.45, 7) is 0. The lowest BCUT2D eigenvalue weighted by atomic mass is 10.1. The first-order valence-corrected chi connectivity index (χ1v) is 6.12. The molecule has 3 rings (SSSR count). The van der Waals surface area contributed by atoms with Crippen molar-refractivity contribution >= 4 is 0 Å². The Kier molecular flexibility index (Phi) is 3.25. The number of para-hydroxylation sites is 1. The van der Waals surface area contributed by atoms with Gasteiger partial charge >= 0.3 is 0 Å². The molecule has 0 bridgehead atoms. The van der Waals surface area contributed by atoms with Crippen LogP contribution in [0, 0.1) is 11.6 Å². The van der Waals surface area contributed by atoms with E-state index in [1.165, 1.54) is 6.07 Å². The smallest absolute Gasteiger partial charge is 0.159 e. The predicted molar refractivity (Wildman–Crippen MR) is 70.5 cm³/mol. The Hall–Kier alpha value is -2.56. The molecule has 5 heteroatoms. The van der Waals surface area contributed by atoms with Crippen LogP contribution < -0.4 is 0 Å². The van der Waals surface area contributed by atoms with E-state index < -0.39 is 11.6 Å². The normalized spacial score (nSPS) is 10.7. The highest BCUT2D eigenvalue weighted by atomic mass is 19.2. The molecule has 1 heterocycles. The lowest BCUT2D eigenvalue weighted by molar-refractivity contribution is 0.507. The zero-order chi connectivity index (χ0) is 13.9. The topological polar surface area (TPSA) is 30.7 Å². The minimum atomic E-state index is -0.853. The Balaban J connectivity index is 1.92. The molecular weight excluding hydrogens is 260 g/mol. The van der Waals surface area contributed by atoms with E-state index in [1.54, 1.807) is 12.4 Å². The monoisotopic (exact) mass is 271 g/mol. The highest BCUT2D eigenvalue weighted by Gasteiger charge is 2.09. The summed E-state index contributed by atoms with van der Waals surface area (Å²) in [7, 11) is 0. The molecular formula is C15H11F2N3. The van der Waals surface area contributed by atoms with Gasteiger partial charge in [0.1, 0.15) is 12.2 Å². The van der Waals surface area contributed by atoms with E-state index in [0.29, 0.717) is 17.8 Å². The lowest BCUT2D eigenvalue weighted by Crippen LogP contribution is -2.02. The number of rotatable bonds is 3. The highest BCUT2D eigenvalue weighted by Crippen LogP contribution is 2.15. The maximum Gasteiger partial charge on any atom is 0.159 e. The van der Waals surface area contributed by atoms with Gasteiger partial charge in [-0.3, -0.25) is 4.57 Å². The zero-order valence-electron chi connectivity index (χ0n) is 10.5. The second-order valence-electron chi connectivity index (χ2n) is 4.38. The average Bonchev–Trinajstić information content (AvgIpc) is 2.92. The van der Waals surface area contributed by atoms with E-state index in [9.17, 15) is 8.78 Å². The van der Waals surface area contributed by atoms with Crippen molar-refractivity contribution in [1.29, 1.82) is 0 Å². The van der Waals surface area contributed by atoms with E-state index in [1.807, 2.05) is 34.9 Å². The molecule has 0 amide bonds. The van der Waals surface area contributed by atoms with Crippen LogP contribution in [0.3, 0.4) is 0 Å². The molecule has 0 aliphatic heterocycles. The molecule has 0 radical (unpaired) electrons. The molecule has 0 saturated carbocycles. The van der Waals surface area contributed by atoms with Crippen molar-refractivity contribution in [3.63, 3.8) is 0 Å². The molecule has 0 unspecified atom stereocenters. The molecule has 1 aromatic heterocycles. The summed E-state index contributed by atoms with van der Waals surface area (Å²) >= 11 is 0. The van der Waals surface area contributed by atoms with Crippen molar-refractivity contribution in [2.75, 3.05) is 0 Å². The molecule has 0 aliphatic carbocycles. The molecule has 0 aliphatic rings. The van der Waals surface area contributed by atoms with E-state index in [0.717, 1.165) is 11.8 Å². The first kappa shape index (κ1) is 12.5. The number of benzene rings is 2.